The third-order valence-corrected chi connectivity index (χ3v) is 4.01. The summed E-state index contributed by atoms with van der Waals surface area (Å²) < 4.78 is 36.0. The highest BCUT2D eigenvalue weighted by molar-refractivity contribution is 9.10. The van der Waals surface area contributed by atoms with Crippen LogP contribution in [-0.2, 0) is 9.53 Å². The summed E-state index contributed by atoms with van der Waals surface area (Å²) >= 11 is 3.24. The second-order valence-corrected chi connectivity index (χ2v) is 7.11. The first kappa shape index (κ1) is 17.9. The summed E-state index contributed by atoms with van der Waals surface area (Å²) in [5.74, 6) is -1.02. The minimum Gasteiger partial charge on any atom is -0.508 e. The Morgan fingerprint density at radius 1 is 1.22 bits per heavy atom. The van der Waals surface area contributed by atoms with Crippen molar-refractivity contribution in [3.63, 3.8) is 0 Å². The quantitative estimate of drug-likeness (QED) is 0.826. The van der Waals surface area contributed by atoms with Gasteiger partial charge in [0.1, 0.15) is 22.7 Å². The second kappa shape index (κ2) is 5.87. The van der Waals surface area contributed by atoms with E-state index in [1.54, 1.807) is 27.7 Å². The van der Waals surface area contributed by atoms with Gasteiger partial charge in [-0.2, -0.15) is 8.78 Å². The predicted octanol–water partition coefficient (Wildman–Crippen LogP) is 4.48. The van der Waals surface area contributed by atoms with Gasteiger partial charge >= 0.3 is 6.61 Å². The summed E-state index contributed by atoms with van der Waals surface area (Å²) in [6, 6.07) is 4.28. The van der Waals surface area contributed by atoms with Gasteiger partial charge in [-0.25, -0.2) is 0 Å². The van der Waals surface area contributed by atoms with Crippen molar-refractivity contribution in [2.24, 2.45) is 0 Å². The number of hydrogen-bond donors (Lipinski definition) is 1. The molecule has 0 amide bonds. The van der Waals surface area contributed by atoms with Crippen LogP contribution in [0.15, 0.2) is 28.4 Å². The average Bonchev–Trinajstić information content (AvgIpc) is 2.38. The standard InChI is InChI=1S/C16H17BrF2O4/c1-15(2)12(20)11(13(21)16(3,4)23-15)9-7-8(17)5-6-10(9)22-14(18)19/h5-7,14,20H,1-4H3. The van der Waals surface area contributed by atoms with E-state index in [9.17, 15) is 18.7 Å². The van der Waals surface area contributed by atoms with Crippen LogP contribution in [0, 0.1) is 0 Å². The zero-order chi connectivity index (χ0) is 17.6. The number of ether oxygens (including phenoxy) is 2. The maximum atomic E-state index is 12.7. The zero-order valence-corrected chi connectivity index (χ0v) is 14.7. The Morgan fingerprint density at radius 2 is 1.83 bits per heavy atom. The Labute approximate surface area is 141 Å². The molecular weight excluding hydrogens is 374 g/mol. The van der Waals surface area contributed by atoms with Crippen LogP contribution >= 0.6 is 15.9 Å². The van der Waals surface area contributed by atoms with E-state index in [2.05, 4.69) is 20.7 Å². The topological polar surface area (TPSA) is 55.8 Å². The van der Waals surface area contributed by atoms with Gasteiger partial charge in [0.15, 0.2) is 5.78 Å². The van der Waals surface area contributed by atoms with Gasteiger partial charge in [0.25, 0.3) is 0 Å². The predicted molar refractivity (Wildman–Crippen MR) is 84.6 cm³/mol. The van der Waals surface area contributed by atoms with E-state index < -0.39 is 23.6 Å². The summed E-state index contributed by atoms with van der Waals surface area (Å²) in [6.45, 7) is 3.28. The Kier molecular flexibility index (Phi) is 4.56. The fraction of sp³-hybridized carbons (Fsp3) is 0.438. The van der Waals surface area contributed by atoms with Crippen LogP contribution in [-0.4, -0.2) is 28.7 Å². The lowest BCUT2D eigenvalue weighted by atomic mass is 9.83. The van der Waals surface area contributed by atoms with Gasteiger partial charge in [0, 0.05) is 10.0 Å². The van der Waals surface area contributed by atoms with Crippen molar-refractivity contribution >= 4 is 27.3 Å². The first-order chi connectivity index (χ1) is 10.5. The summed E-state index contributed by atoms with van der Waals surface area (Å²) in [4.78, 5) is 12.7. The third-order valence-electron chi connectivity index (χ3n) is 3.52. The summed E-state index contributed by atoms with van der Waals surface area (Å²) in [7, 11) is 0. The lowest BCUT2D eigenvalue weighted by molar-refractivity contribution is -0.158. The van der Waals surface area contributed by atoms with Gasteiger partial charge in [0.05, 0.1) is 5.57 Å². The van der Waals surface area contributed by atoms with E-state index in [0.29, 0.717) is 4.47 Å². The number of ketones is 1. The van der Waals surface area contributed by atoms with Crippen molar-refractivity contribution in [1.29, 1.82) is 0 Å². The molecule has 0 unspecified atom stereocenters. The number of halogens is 3. The molecule has 0 radical (unpaired) electrons. The number of alkyl halides is 2. The van der Waals surface area contributed by atoms with Crippen LogP contribution in [0.2, 0.25) is 0 Å². The maximum Gasteiger partial charge on any atom is 0.387 e. The normalized spacial score (nSPS) is 20.1. The van der Waals surface area contributed by atoms with Crippen LogP contribution in [0.1, 0.15) is 33.3 Å². The fourth-order valence-corrected chi connectivity index (χ4v) is 2.95. The first-order valence-corrected chi connectivity index (χ1v) is 7.68. The first-order valence-electron chi connectivity index (χ1n) is 6.89. The van der Waals surface area contributed by atoms with Crippen LogP contribution < -0.4 is 4.74 Å². The molecule has 23 heavy (non-hydrogen) atoms. The second-order valence-electron chi connectivity index (χ2n) is 6.19. The Balaban J connectivity index is 2.72. The smallest absolute Gasteiger partial charge is 0.387 e. The van der Waals surface area contributed by atoms with E-state index >= 15 is 0 Å². The molecule has 126 valence electrons. The van der Waals surface area contributed by atoms with Gasteiger partial charge < -0.3 is 14.6 Å². The van der Waals surface area contributed by atoms with Crippen LogP contribution in [0.5, 0.6) is 5.75 Å². The van der Waals surface area contributed by atoms with Crippen molar-refractivity contribution in [2.45, 2.75) is 45.5 Å². The van der Waals surface area contributed by atoms with Gasteiger partial charge in [-0.1, -0.05) is 15.9 Å². The molecule has 1 aromatic rings. The van der Waals surface area contributed by atoms with Crippen LogP contribution in [0.4, 0.5) is 8.78 Å². The molecular formula is C16H17BrF2O4. The van der Waals surface area contributed by atoms with Gasteiger partial charge in [-0.3, -0.25) is 4.79 Å². The molecule has 7 heteroatoms. The number of hydrogen-bond acceptors (Lipinski definition) is 4. The minimum atomic E-state index is -3.05. The number of aliphatic hydroxyl groups is 1. The highest BCUT2D eigenvalue weighted by Gasteiger charge is 2.47. The van der Waals surface area contributed by atoms with Crippen LogP contribution in [0.3, 0.4) is 0 Å². The Bertz CT molecular complexity index is 681. The summed E-state index contributed by atoms with van der Waals surface area (Å²) in [6.07, 6.45) is 0. The number of Topliss-reactive ketones (excluding diaryl/α,β-unsaturated/α-hetero) is 1. The number of benzene rings is 1. The summed E-state index contributed by atoms with van der Waals surface area (Å²) in [5, 5.41) is 10.5. The minimum absolute atomic E-state index is 0.0804. The Morgan fingerprint density at radius 3 is 2.39 bits per heavy atom. The molecule has 0 aliphatic carbocycles. The third kappa shape index (κ3) is 3.40. The lowest BCUT2D eigenvalue weighted by Crippen LogP contribution is -2.49. The Hall–Kier alpha value is -1.47. The van der Waals surface area contributed by atoms with Crippen molar-refractivity contribution in [3.05, 3.63) is 34.0 Å². The highest BCUT2D eigenvalue weighted by atomic mass is 79.9. The van der Waals surface area contributed by atoms with Crippen molar-refractivity contribution in [3.8, 4) is 5.75 Å². The molecule has 1 heterocycles. The molecule has 0 saturated carbocycles. The molecule has 0 saturated heterocycles. The molecule has 1 aliphatic heterocycles. The van der Waals surface area contributed by atoms with Gasteiger partial charge in [-0.15, -0.1) is 0 Å². The lowest BCUT2D eigenvalue weighted by Gasteiger charge is -2.40. The average molecular weight is 391 g/mol. The SMILES string of the molecule is CC1(C)OC(C)(C)C(O)=C(c2cc(Br)ccc2OC(F)F)C1=O. The van der Waals surface area contributed by atoms with Crippen molar-refractivity contribution in [2.75, 3.05) is 0 Å². The highest BCUT2D eigenvalue weighted by Crippen LogP contribution is 2.43. The van der Waals surface area contributed by atoms with Gasteiger partial charge in [0.2, 0.25) is 0 Å². The molecule has 0 bridgehead atoms. The molecule has 0 spiro atoms. The molecule has 0 atom stereocenters. The summed E-state index contributed by atoms with van der Waals surface area (Å²) in [5.41, 5.74) is -2.35. The van der Waals surface area contributed by atoms with E-state index in [1.165, 1.54) is 18.2 Å². The van der Waals surface area contributed by atoms with Gasteiger partial charge in [-0.05, 0) is 45.9 Å². The monoisotopic (exact) mass is 390 g/mol. The van der Waals surface area contributed by atoms with E-state index in [0.717, 1.165) is 0 Å². The molecule has 1 N–H and O–H groups in total. The number of rotatable bonds is 3. The molecule has 1 aliphatic rings. The maximum absolute atomic E-state index is 12.7. The van der Waals surface area contributed by atoms with Crippen molar-refractivity contribution < 1.29 is 28.2 Å². The van der Waals surface area contributed by atoms with E-state index in [1.807, 2.05) is 0 Å². The number of carbonyl (C=O) groups excluding carboxylic acids is 1. The molecule has 1 aromatic carbocycles. The molecule has 2 rings (SSSR count). The van der Waals surface area contributed by atoms with Crippen LogP contribution in [0.25, 0.3) is 5.57 Å². The zero-order valence-electron chi connectivity index (χ0n) is 13.1. The number of aliphatic hydroxyl groups excluding tert-OH is 1. The largest absolute Gasteiger partial charge is 0.508 e. The van der Waals surface area contributed by atoms with E-state index in [-0.39, 0.29) is 22.6 Å². The van der Waals surface area contributed by atoms with E-state index in [4.69, 9.17) is 4.74 Å². The number of carbonyl (C=O) groups is 1. The molecule has 0 fully saturated rings. The molecule has 0 aromatic heterocycles. The molecule has 4 nitrogen and oxygen atoms in total. The fourth-order valence-electron chi connectivity index (χ4n) is 2.59. The van der Waals surface area contributed by atoms with Crippen molar-refractivity contribution in [1.82, 2.24) is 0 Å².